The van der Waals surface area contributed by atoms with Crippen molar-refractivity contribution in [3.05, 3.63) is 24.7 Å². The lowest BCUT2D eigenvalue weighted by Gasteiger charge is -2.30. The molecule has 30 heavy (non-hydrogen) atoms. The van der Waals surface area contributed by atoms with E-state index in [2.05, 4.69) is 49.2 Å². The molecule has 2 aliphatic heterocycles. The Morgan fingerprint density at radius 2 is 1.93 bits per heavy atom. The normalized spacial score (nSPS) is 19.1. The Morgan fingerprint density at radius 1 is 1.10 bits per heavy atom. The van der Waals surface area contributed by atoms with Gasteiger partial charge in [0, 0.05) is 25.0 Å². The van der Waals surface area contributed by atoms with E-state index in [0.29, 0.717) is 6.04 Å². The van der Waals surface area contributed by atoms with Crippen molar-refractivity contribution in [2.45, 2.75) is 44.7 Å². The molecule has 8 nitrogen and oxygen atoms in total. The van der Waals surface area contributed by atoms with Gasteiger partial charge in [0.2, 0.25) is 0 Å². The predicted octanol–water partition coefficient (Wildman–Crippen LogP) is 2.81. The smallest absolute Gasteiger partial charge is 0.167 e. The summed E-state index contributed by atoms with van der Waals surface area (Å²) in [6, 6.07) is 2.62. The van der Waals surface area contributed by atoms with Gasteiger partial charge in [0.1, 0.15) is 11.5 Å². The van der Waals surface area contributed by atoms with Gasteiger partial charge in [0.15, 0.2) is 5.82 Å². The fourth-order valence-corrected chi connectivity index (χ4v) is 4.67. The summed E-state index contributed by atoms with van der Waals surface area (Å²) >= 11 is 0. The summed E-state index contributed by atoms with van der Waals surface area (Å²) in [5, 5.41) is 11.8. The van der Waals surface area contributed by atoms with Gasteiger partial charge in [-0.1, -0.05) is 0 Å². The second-order valence-corrected chi connectivity index (χ2v) is 8.75. The molecular formula is C22H32N8. The highest BCUT2D eigenvalue weighted by atomic mass is 15.2. The molecular weight excluding hydrogens is 376 g/mol. The number of nitrogens with zero attached hydrogens (tertiary/aromatic N) is 6. The first-order chi connectivity index (χ1) is 14.8. The molecule has 5 rings (SSSR count). The maximum atomic E-state index is 4.92. The molecule has 0 bridgehead atoms. The van der Waals surface area contributed by atoms with Crippen molar-refractivity contribution in [3.63, 3.8) is 0 Å². The Labute approximate surface area is 177 Å². The average molecular weight is 409 g/mol. The van der Waals surface area contributed by atoms with E-state index < -0.39 is 0 Å². The third-order valence-corrected chi connectivity index (χ3v) is 6.51. The molecule has 2 fully saturated rings. The Kier molecular flexibility index (Phi) is 5.68. The van der Waals surface area contributed by atoms with E-state index in [4.69, 9.17) is 9.97 Å². The average Bonchev–Trinajstić information content (AvgIpc) is 3.52. The van der Waals surface area contributed by atoms with E-state index in [-0.39, 0.29) is 0 Å². The van der Waals surface area contributed by atoms with Crippen LogP contribution in [0.25, 0.3) is 22.4 Å². The summed E-state index contributed by atoms with van der Waals surface area (Å²) < 4.78 is 2.29. The highest BCUT2D eigenvalue weighted by Gasteiger charge is 2.20. The lowest BCUT2D eigenvalue weighted by atomic mass is 10.1. The summed E-state index contributed by atoms with van der Waals surface area (Å²) in [5.74, 6) is 1.68. The van der Waals surface area contributed by atoms with Gasteiger partial charge < -0.3 is 19.7 Å². The molecule has 2 N–H and O–H groups in total. The summed E-state index contributed by atoms with van der Waals surface area (Å²) in [7, 11) is 2.19. The Balaban J connectivity index is 1.40. The van der Waals surface area contributed by atoms with Crippen molar-refractivity contribution in [3.8, 4) is 11.4 Å². The highest BCUT2D eigenvalue weighted by Crippen LogP contribution is 2.27. The van der Waals surface area contributed by atoms with Crippen LogP contribution in [0, 0.1) is 0 Å². The zero-order valence-corrected chi connectivity index (χ0v) is 17.8. The van der Waals surface area contributed by atoms with Crippen molar-refractivity contribution in [2.24, 2.45) is 0 Å². The van der Waals surface area contributed by atoms with Crippen LogP contribution in [0.3, 0.4) is 0 Å². The molecule has 0 saturated carbocycles. The number of aryl methyl sites for hydroxylation is 1. The van der Waals surface area contributed by atoms with Gasteiger partial charge in [-0.15, -0.1) is 0 Å². The highest BCUT2D eigenvalue weighted by molar-refractivity contribution is 5.89. The number of aromatic amines is 1. The van der Waals surface area contributed by atoms with Crippen LogP contribution in [-0.2, 0) is 6.54 Å². The summed E-state index contributed by atoms with van der Waals surface area (Å²) in [4.78, 5) is 14.8. The second-order valence-electron chi connectivity index (χ2n) is 8.75. The van der Waals surface area contributed by atoms with Gasteiger partial charge in [-0.25, -0.2) is 9.97 Å². The lowest BCUT2D eigenvalue weighted by Crippen LogP contribution is -2.36. The van der Waals surface area contributed by atoms with Gasteiger partial charge in [-0.05, 0) is 77.9 Å². The number of rotatable bonds is 7. The lowest BCUT2D eigenvalue weighted by molar-refractivity contribution is 0.264. The third-order valence-electron chi connectivity index (χ3n) is 6.51. The zero-order valence-electron chi connectivity index (χ0n) is 17.8. The predicted molar refractivity (Wildman–Crippen MR) is 120 cm³/mol. The minimum atomic E-state index is 0.454. The van der Waals surface area contributed by atoms with Gasteiger partial charge in [0.25, 0.3) is 0 Å². The van der Waals surface area contributed by atoms with Crippen LogP contribution in [0.2, 0.25) is 0 Å². The molecule has 0 radical (unpaired) electrons. The summed E-state index contributed by atoms with van der Waals surface area (Å²) in [6.45, 7) is 6.90. The van der Waals surface area contributed by atoms with E-state index in [9.17, 15) is 0 Å². The number of fused-ring (bicyclic) bond motifs is 1. The minimum Gasteiger partial charge on any atom is -0.367 e. The van der Waals surface area contributed by atoms with Gasteiger partial charge in [-0.3, -0.25) is 5.10 Å². The maximum Gasteiger partial charge on any atom is 0.167 e. The van der Waals surface area contributed by atoms with Crippen LogP contribution in [0.4, 0.5) is 5.82 Å². The molecule has 5 heterocycles. The fraction of sp³-hybridized carbons (Fsp3) is 0.591. The van der Waals surface area contributed by atoms with Crippen LogP contribution >= 0.6 is 0 Å². The van der Waals surface area contributed by atoms with E-state index in [1.54, 1.807) is 6.20 Å². The monoisotopic (exact) mass is 408 g/mol. The molecule has 8 heteroatoms. The molecule has 2 aliphatic rings. The molecule has 0 unspecified atom stereocenters. The first-order valence-corrected chi connectivity index (χ1v) is 11.3. The molecule has 3 aromatic rings. The van der Waals surface area contributed by atoms with E-state index >= 15 is 0 Å². The standard InChI is InChI=1S/C22H32N8/c1-28-12-5-18(6-13-28)25-21-19-7-14-30(11-4-10-29-8-2-3-9-29)22(19)27-20(26-21)17-15-23-24-16-17/h7,14-16,18H,2-6,8-13H2,1H3,(H,23,24)(H,25,26,27). The number of H-pyrrole nitrogens is 1. The number of hydrogen-bond acceptors (Lipinski definition) is 6. The first kappa shape index (κ1) is 19.5. The van der Waals surface area contributed by atoms with Crippen molar-refractivity contribution in [2.75, 3.05) is 45.1 Å². The Morgan fingerprint density at radius 3 is 2.70 bits per heavy atom. The van der Waals surface area contributed by atoms with Gasteiger partial charge in [0.05, 0.1) is 17.1 Å². The van der Waals surface area contributed by atoms with Crippen LogP contribution in [-0.4, -0.2) is 80.3 Å². The first-order valence-electron chi connectivity index (χ1n) is 11.3. The topological polar surface area (TPSA) is 77.9 Å². The van der Waals surface area contributed by atoms with Crippen LogP contribution in [0.15, 0.2) is 24.7 Å². The Bertz CT molecular complexity index is 949. The molecule has 0 amide bonds. The minimum absolute atomic E-state index is 0.454. The van der Waals surface area contributed by atoms with Crippen LogP contribution in [0.5, 0.6) is 0 Å². The van der Waals surface area contributed by atoms with Crippen molar-refractivity contribution in [1.29, 1.82) is 0 Å². The molecule has 160 valence electrons. The van der Waals surface area contributed by atoms with E-state index in [1.807, 2.05) is 6.20 Å². The van der Waals surface area contributed by atoms with Crippen LogP contribution < -0.4 is 5.32 Å². The molecule has 0 spiro atoms. The molecule has 0 aromatic carbocycles. The van der Waals surface area contributed by atoms with Crippen molar-refractivity contribution >= 4 is 16.9 Å². The number of hydrogen-bond donors (Lipinski definition) is 2. The van der Waals surface area contributed by atoms with Gasteiger partial charge >= 0.3 is 0 Å². The van der Waals surface area contributed by atoms with Gasteiger partial charge in [-0.2, -0.15) is 5.10 Å². The molecule has 2 saturated heterocycles. The molecule has 3 aromatic heterocycles. The second kappa shape index (κ2) is 8.73. The SMILES string of the molecule is CN1CCC(Nc2nc(-c3cn[nH]c3)nc3c2ccn3CCCN2CCCC2)CC1. The van der Waals surface area contributed by atoms with E-state index in [1.165, 1.54) is 32.5 Å². The van der Waals surface area contributed by atoms with Crippen molar-refractivity contribution < 1.29 is 0 Å². The largest absolute Gasteiger partial charge is 0.367 e. The summed E-state index contributed by atoms with van der Waals surface area (Å²) in [6.07, 6.45) is 11.9. The van der Waals surface area contributed by atoms with Crippen LogP contribution in [0.1, 0.15) is 32.1 Å². The van der Waals surface area contributed by atoms with E-state index in [0.717, 1.165) is 67.1 Å². The molecule has 0 atom stereocenters. The summed E-state index contributed by atoms with van der Waals surface area (Å²) in [5.41, 5.74) is 1.94. The number of anilines is 1. The number of nitrogens with one attached hydrogen (secondary N) is 2. The third kappa shape index (κ3) is 4.20. The number of aromatic nitrogens is 5. The maximum absolute atomic E-state index is 4.92. The number of likely N-dealkylation sites (tertiary alicyclic amines) is 2. The van der Waals surface area contributed by atoms with Crippen molar-refractivity contribution in [1.82, 2.24) is 34.5 Å². The molecule has 0 aliphatic carbocycles. The Hall–Kier alpha value is -2.45. The quantitative estimate of drug-likeness (QED) is 0.626. The fourth-order valence-electron chi connectivity index (χ4n) is 4.67. The number of piperidine rings is 1. The zero-order chi connectivity index (χ0) is 20.3.